The van der Waals surface area contributed by atoms with Crippen molar-refractivity contribution in [2.24, 2.45) is 0 Å². The van der Waals surface area contributed by atoms with Crippen LogP contribution < -0.4 is 0 Å². The minimum Gasteiger partial charge on any atom is -0.461 e. The van der Waals surface area contributed by atoms with Gasteiger partial charge in [0.2, 0.25) is 0 Å². The standard InChI is InChI=1S/C12H10BrNO2S2/c1-2-16-11(15)9-10(18-12(17)14-9)7-3-5-8(13)6-4-7/h3-6H,2H2,1H3,(H,14,17). The fourth-order valence-corrected chi connectivity index (χ4v) is 2.92. The van der Waals surface area contributed by atoms with E-state index in [1.165, 1.54) is 11.3 Å². The molecule has 0 bridgehead atoms. The monoisotopic (exact) mass is 343 g/mol. The van der Waals surface area contributed by atoms with E-state index >= 15 is 0 Å². The van der Waals surface area contributed by atoms with Crippen LogP contribution in [0.4, 0.5) is 0 Å². The quantitative estimate of drug-likeness (QED) is 0.662. The van der Waals surface area contributed by atoms with Crippen LogP contribution in [0.3, 0.4) is 0 Å². The first-order valence-electron chi connectivity index (χ1n) is 5.28. The zero-order chi connectivity index (χ0) is 13.1. The van der Waals surface area contributed by atoms with E-state index in [2.05, 4.69) is 20.9 Å². The largest absolute Gasteiger partial charge is 0.461 e. The molecule has 1 aromatic heterocycles. The van der Waals surface area contributed by atoms with Crippen molar-refractivity contribution in [3.05, 3.63) is 38.4 Å². The lowest BCUT2D eigenvalue weighted by molar-refractivity contribution is 0.0521. The van der Waals surface area contributed by atoms with Gasteiger partial charge in [0.05, 0.1) is 11.5 Å². The average Bonchev–Trinajstić information content (AvgIpc) is 2.73. The Morgan fingerprint density at radius 3 is 2.72 bits per heavy atom. The molecule has 0 aliphatic carbocycles. The Morgan fingerprint density at radius 2 is 2.11 bits per heavy atom. The van der Waals surface area contributed by atoms with E-state index in [0.29, 0.717) is 16.3 Å². The van der Waals surface area contributed by atoms with Gasteiger partial charge in [0, 0.05) is 4.47 Å². The number of aromatic amines is 1. The number of hydrogen-bond acceptors (Lipinski definition) is 4. The molecule has 0 atom stereocenters. The van der Waals surface area contributed by atoms with E-state index < -0.39 is 0 Å². The van der Waals surface area contributed by atoms with Crippen LogP contribution in [-0.4, -0.2) is 17.6 Å². The molecule has 0 spiro atoms. The summed E-state index contributed by atoms with van der Waals surface area (Å²) in [4.78, 5) is 15.5. The maximum absolute atomic E-state index is 11.8. The fourth-order valence-electron chi connectivity index (χ4n) is 1.48. The third kappa shape index (κ3) is 2.88. The summed E-state index contributed by atoms with van der Waals surface area (Å²) in [5.74, 6) is -0.372. The van der Waals surface area contributed by atoms with Crippen LogP contribution in [0.1, 0.15) is 17.4 Å². The topological polar surface area (TPSA) is 42.1 Å². The Balaban J connectivity index is 2.47. The van der Waals surface area contributed by atoms with Crippen molar-refractivity contribution in [1.29, 1.82) is 0 Å². The Morgan fingerprint density at radius 1 is 1.44 bits per heavy atom. The summed E-state index contributed by atoms with van der Waals surface area (Å²) < 4.78 is 6.56. The maximum Gasteiger partial charge on any atom is 0.356 e. The van der Waals surface area contributed by atoms with Gasteiger partial charge in [0.15, 0.2) is 3.95 Å². The Bertz CT molecular complexity index is 616. The van der Waals surface area contributed by atoms with Gasteiger partial charge in [-0.1, -0.05) is 28.1 Å². The Hall–Kier alpha value is -0.980. The Labute approximate surface area is 122 Å². The van der Waals surface area contributed by atoms with Gasteiger partial charge in [0.25, 0.3) is 0 Å². The SMILES string of the molecule is CCOC(=O)c1[nH]c(=S)sc1-c1ccc(Br)cc1. The first-order chi connectivity index (χ1) is 8.61. The number of nitrogens with one attached hydrogen (secondary N) is 1. The maximum atomic E-state index is 11.8. The summed E-state index contributed by atoms with van der Waals surface area (Å²) in [6, 6.07) is 7.71. The van der Waals surface area contributed by atoms with Gasteiger partial charge in [-0.25, -0.2) is 4.79 Å². The predicted octanol–water partition coefficient (Wildman–Crippen LogP) is 4.41. The number of rotatable bonds is 3. The number of carbonyl (C=O) groups is 1. The molecule has 0 unspecified atom stereocenters. The molecule has 18 heavy (non-hydrogen) atoms. The lowest BCUT2D eigenvalue weighted by atomic mass is 10.1. The average molecular weight is 344 g/mol. The van der Waals surface area contributed by atoms with E-state index in [1.54, 1.807) is 6.92 Å². The zero-order valence-corrected chi connectivity index (χ0v) is 12.7. The van der Waals surface area contributed by atoms with Crippen molar-refractivity contribution in [1.82, 2.24) is 4.98 Å². The lowest BCUT2D eigenvalue weighted by Crippen LogP contribution is -2.06. The van der Waals surface area contributed by atoms with Crippen LogP contribution in [-0.2, 0) is 4.74 Å². The third-order valence-corrected chi connectivity index (χ3v) is 4.05. The summed E-state index contributed by atoms with van der Waals surface area (Å²) in [6.45, 7) is 2.12. The molecule has 0 saturated heterocycles. The molecule has 0 fully saturated rings. The molecule has 1 heterocycles. The van der Waals surface area contributed by atoms with Crippen LogP contribution in [0, 0.1) is 3.95 Å². The Kier molecular flexibility index (Phi) is 4.31. The first-order valence-corrected chi connectivity index (χ1v) is 7.29. The van der Waals surface area contributed by atoms with Gasteiger partial charge >= 0.3 is 5.97 Å². The predicted molar refractivity (Wildman–Crippen MR) is 78.6 cm³/mol. The number of benzene rings is 1. The number of ether oxygens (including phenoxy) is 1. The van der Waals surface area contributed by atoms with Crippen LogP contribution in [0.25, 0.3) is 10.4 Å². The molecule has 0 radical (unpaired) electrons. The van der Waals surface area contributed by atoms with Crippen molar-refractivity contribution in [3.63, 3.8) is 0 Å². The zero-order valence-electron chi connectivity index (χ0n) is 9.53. The van der Waals surface area contributed by atoms with Gasteiger partial charge in [-0.3, -0.25) is 0 Å². The highest BCUT2D eigenvalue weighted by Gasteiger charge is 2.17. The number of hydrogen-bond donors (Lipinski definition) is 1. The molecule has 1 aromatic carbocycles. The van der Waals surface area contributed by atoms with E-state index in [9.17, 15) is 4.79 Å². The number of esters is 1. The number of H-pyrrole nitrogens is 1. The number of aromatic nitrogens is 1. The molecule has 2 rings (SSSR count). The highest BCUT2D eigenvalue weighted by molar-refractivity contribution is 9.10. The molecule has 0 aliphatic heterocycles. The van der Waals surface area contributed by atoms with Crippen LogP contribution in [0.5, 0.6) is 0 Å². The van der Waals surface area contributed by atoms with Gasteiger partial charge in [-0.15, -0.1) is 11.3 Å². The molecule has 6 heteroatoms. The minimum atomic E-state index is -0.372. The fraction of sp³-hybridized carbons (Fsp3) is 0.167. The summed E-state index contributed by atoms with van der Waals surface area (Å²) in [6.07, 6.45) is 0. The number of carbonyl (C=O) groups excluding carboxylic acids is 1. The van der Waals surface area contributed by atoms with Crippen molar-refractivity contribution >= 4 is 45.5 Å². The second kappa shape index (κ2) is 5.77. The summed E-state index contributed by atoms with van der Waals surface area (Å²) in [5.41, 5.74) is 1.37. The lowest BCUT2D eigenvalue weighted by Gasteiger charge is -2.03. The molecule has 94 valence electrons. The molecule has 0 saturated carbocycles. The molecular weight excluding hydrogens is 334 g/mol. The van der Waals surface area contributed by atoms with Gasteiger partial charge in [-0.2, -0.15) is 0 Å². The smallest absolute Gasteiger partial charge is 0.356 e. The van der Waals surface area contributed by atoms with E-state index in [4.69, 9.17) is 17.0 Å². The minimum absolute atomic E-state index is 0.342. The molecule has 2 aromatic rings. The van der Waals surface area contributed by atoms with Crippen molar-refractivity contribution in [3.8, 4) is 10.4 Å². The molecular formula is C12H10BrNO2S2. The molecule has 3 nitrogen and oxygen atoms in total. The summed E-state index contributed by atoms with van der Waals surface area (Å²) >= 11 is 9.85. The van der Waals surface area contributed by atoms with Crippen LogP contribution >= 0.6 is 39.5 Å². The van der Waals surface area contributed by atoms with E-state index in [1.807, 2.05) is 24.3 Å². The van der Waals surface area contributed by atoms with Crippen molar-refractivity contribution in [2.75, 3.05) is 6.61 Å². The van der Waals surface area contributed by atoms with Gasteiger partial charge in [0.1, 0.15) is 5.69 Å². The van der Waals surface area contributed by atoms with Crippen molar-refractivity contribution in [2.45, 2.75) is 6.92 Å². The van der Waals surface area contributed by atoms with Crippen LogP contribution in [0.2, 0.25) is 0 Å². The molecule has 0 amide bonds. The highest BCUT2D eigenvalue weighted by atomic mass is 79.9. The van der Waals surface area contributed by atoms with E-state index in [-0.39, 0.29) is 5.97 Å². The molecule has 0 aliphatic rings. The summed E-state index contributed by atoms with van der Waals surface area (Å²) in [5, 5.41) is 0. The summed E-state index contributed by atoms with van der Waals surface area (Å²) in [7, 11) is 0. The second-order valence-electron chi connectivity index (χ2n) is 3.45. The highest BCUT2D eigenvalue weighted by Crippen LogP contribution is 2.30. The van der Waals surface area contributed by atoms with E-state index in [0.717, 1.165) is 14.9 Å². The van der Waals surface area contributed by atoms with Gasteiger partial charge in [-0.05, 0) is 36.8 Å². The van der Waals surface area contributed by atoms with Gasteiger partial charge < -0.3 is 9.72 Å². The normalized spacial score (nSPS) is 10.3. The van der Waals surface area contributed by atoms with Crippen LogP contribution in [0.15, 0.2) is 28.7 Å². The first kappa shape index (κ1) is 13.5. The molecule has 1 N–H and O–H groups in total. The second-order valence-corrected chi connectivity index (χ2v) is 6.05. The van der Waals surface area contributed by atoms with Crippen molar-refractivity contribution < 1.29 is 9.53 Å². The number of halogens is 1. The third-order valence-electron chi connectivity index (χ3n) is 2.23. The number of thiazole rings is 1.